The Labute approximate surface area is 512 Å². The topological polar surface area (TPSA) is 826 Å². The van der Waals surface area contributed by atoms with Gasteiger partial charge in [0, 0.05) is 197 Å². The van der Waals surface area contributed by atoms with Crippen molar-refractivity contribution in [2.75, 3.05) is 0 Å². The Hall–Kier alpha value is -2.17. The molecular formula is C36H66N6O26Re6-24. The molecule has 0 bridgehead atoms. The van der Waals surface area contributed by atoms with Crippen molar-refractivity contribution in [3.8, 4) is 0 Å². The first kappa shape index (κ1) is 206. The molecule has 0 saturated heterocycles. The summed E-state index contributed by atoms with van der Waals surface area (Å²) in [5.74, 6) is 0. The number of hydrogen-bond acceptors (Lipinski definition) is 8. The summed E-state index contributed by atoms with van der Waals surface area (Å²) in [6, 6.07) is 23.7. The number of nitrogens with zero attached hydrogens (tertiary/aromatic N) is 6. The summed E-state index contributed by atoms with van der Waals surface area (Å²) in [5, 5.41) is 24.0. The fraction of sp³-hybridized carbons (Fsp3) is 0.167. The maximum absolute atomic E-state index is 7.50. The average molecular weight is 2120 g/mol. The summed E-state index contributed by atoms with van der Waals surface area (Å²) in [5.41, 5.74) is 7.26. The monoisotopic (exact) mass is 2120 g/mol. The van der Waals surface area contributed by atoms with E-state index in [1.807, 2.05) is 152 Å². The van der Waals surface area contributed by atoms with E-state index in [2.05, 4.69) is 40.4 Å². The molecule has 0 aliphatic heterocycles. The van der Waals surface area contributed by atoms with E-state index in [4.69, 9.17) is 10.5 Å². The molecule has 462 valence electrons. The molecule has 0 aromatic carbocycles. The number of aryl methyl sites for hydroxylation is 6. The zero-order valence-corrected chi connectivity index (χ0v) is 55.8. The van der Waals surface area contributed by atoms with Crippen molar-refractivity contribution in [1.82, 2.24) is 29.9 Å². The van der Waals surface area contributed by atoms with Gasteiger partial charge in [0.05, 0.1) is 0 Å². The fourth-order valence-electron chi connectivity index (χ4n) is 2.69. The van der Waals surface area contributed by atoms with Crippen LogP contribution in [0.4, 0.5) is 0 Å². The second-order valence-electron chi connectivity index (χ2n) is 9.18. The van der Waals surface area contributed by atoms with Gasteiger partial charge < -0.3 is 142 Å². The third-order valence-electron chi connectivity index (χ3n) is 4.86. The van der Waals surface area contributed by atoms with Gasteiger partial charge in [-0.15, -0.1) is 0 Å². The van der Waals surface area contributed by atoms with Gasteiger partial charge in [-0.05, 0) is 111 Å². The maximum atomic E-state index is 7.50. The normalized spacial score (nSPS) is 5.11. The van der Waals surface area contributed by atoms with Crippen LogP contribution in [0.5, 0.6) is 0 Å². The predicted octanol–water partition coefficient (Wildman–Crippen LogP) is -5.37. The van der Waals surface area contributed by atoms with Crippen molar-refractivity contribution in [3.05, 3.63) is 181 Å². The summed E-state index contributed by atoms with van der Waals surface area (Å²) < 4.78 is 0. The molecule has 6 aromatic rings. The van der Waals surface area contributed by atoms with Crippen LogP contribution in [0.1, 0.15) is 33.4 Å². The number of rotatable bonds is 0. The molecule has 38 heteroatoms. The number of hydrogen-bond donors (Lipinski definition) is 0. The van der Waals surface area contributed by atoms with Gasteiger partial charge in [-0.1, -0.05) is 36.4 Å². The molecule has 6 heterocycles. The second kappa shape index (κ2) is 164. The Bertz CT molecular complexity index is 1190. The van der Waals surface area contributed by atoms with Crippen molar-refractivity contribution in [2.45, 2.75) is 41.5 Å². The molecule has 6 radical (unpaired) electrons. The molecule has 6 aromatic heterocycles. The Morgan fingerprint density at radius 3 is 0.338 bits per heavy atom. The molecule has 0 spiro atoms. The molecule has 32 nitrogen and oxygen atoms in total. The fourth-order valence-corrected chi connectivity index (χ4v) is 2.69. The van der Waals surface area contributed by atoms with Gasteiger partial charge in [-0.2, -0.15) is 0 Å². The average Bonchev–Trinajstić information content (AvgIpc) is 3.10. The van der Waals surface area contributed by atoms with Crippen LogP contribution in [0.3, 0.4) is 0 Å². The van der Waals surface area contributed by atoms with Crippen molar-refractivity contribution in [1.29, 1.82) is 0 Å². The van der Waals surface area contributed by atoms with Gasteiger partial charge in [0.1, 0.15) is 0 Å². The van der Waals surface area contributed by atoms with Crippen LogP contribution in [-0.4, -0.2) is 95.2 Å². The van der Waals surface area contributed by atoms with Crippen LogP contribution >= 0.6 is 0 Å². The van der Waals surface area contributed by atoms with Crippen LogP contribution in [0, 0.1) is 41.5 Å². The van der Waals surface area contributed by atoms with Crippen molar-refractivity contribution < 1.29 is 264 Å². The molecule has 0 saturated carbocycles. The molecule has 0 amide bonds. The Balaban J connectivity index is -0.0000000103. The minimum Gasteiger partial charge on any atom is -2.00 e. The minimum absolute atomic E-state index is 0. The third-order valence-corrected chi connectivity index (χ3v) is 4.86. The summed E-state index contributed by atoms with van der Waals surface area (Å²) in [6.45, 7) is 12.1. The maximum Gasteiger partial charge on any atom is 0.0297 e. The molecule has 0 unspecified atom stereocenters. The smallest absolute Gasteiger partial charge is 0.0297 e. The SMILES string of the molecule is Cc1cccnc1.Cc1cccnc1.Cc1cccnc1.Cc1cccnc1.Cc1cccnc1.Cc1cccnc1.O.O.O.O.O.O.O.O.O.O.[O-2].[O-2].[O-2].[O-2].[O-2].[O-2].[O-2].[O-2].[O-2].[O-2].[O-2].[O-2].[O-][OH2+].[O-][OH2+].[Re].[Re].[Re].[Re].[Re].[Re]. The van der Waals surface area contributed by atoms with E-state index in [9.17, 15) is 0 Å². The minimum atomic E-state index is 0. The zero-order valence-electron chi connectivity index (χ0n) is 39.5. The standard InChI is InChI=1S/6C6H7N.2H2O2.10H2O.12O.6Re/c6*1-6-3-2-4-7-5-6;2*1-2;;;;;;;;;;;;;;;;;;;;;;;;;;;;/h6*2-5H,1H3;2*1H2;10*1H2;;;;;;;;;;;;;;;;;;/q;;;;;;;;;;;;;;;;;;12*-2;;;;;;. The third kappa shape index (κ3) is 158. The molecule has 74 heavy (non-hydrogen) atoms. The Morgan fingerprint density at radius 1 is 0.230 bits per heavy atom. The quantitative estimate of drug-likeness (QED) is 0.0801. The van der Waals surface area contributed by atoms with E-state index in [1.165, 1.54) is 33.4 Å². The predicted molar refractivity (Wildman–Crippen MR) is 225 cm³/mol. The van der Waals surface area contributed by atoms with E-state index in [0.29, 0.717) is 0 Å². The molecule has 0 fully saturated rings. The van der Waals surface area contributed by atoms with Gasteiger partial charge in [0.25, 0.3) is 0 Å². The molecule has 6 rings (SSSR count). The van der Waals surface area contributed by atoms with Gasteiger partial charge in [0.15, 0.2) is 0 Å². The van der Waals surface area contributed by atoms with Gasteiger partial charge in [-0.25, -0.2) is 0 Å². The largest absolute Gasteiger partial charge is 2.00 e. The molecule has 0 aliphatic rings. The van der Waals surface area contributed by atoms with Gasteiger partial charge in [-0.3, -0.25) is 29.9 Å². The Morgan fingerprint density at radius 2 is 0.311 bits per heavy atom. The zero-order chi connectivity index (χ0) is 34.7. The van der Waals surface area contributed by atoms with E-state index in [-0.39, 0.29) is 243 Å². The number of aromatic nitrogens is 6. The number of pyridine rings is 6. The van der Waals surface area contributed by atoms with Crippen molar-refractivity contribution >= 4 is 0 Å². The summed E-state index contributed by atoms with van der Waals surface area (Å²) in [7, 11) is 0. The van der Waals surface area contributed by atoms with Gasteiger partial charge in [0.2, 0.25) is 0 Å². The van der Waals surface area contributed by atoms with Gasteiger partial charge >= 0.3 is 0 Å². The molecule has 24 N–H and O–H groups in total. The van der Waals surface area contributed by atoms with Crippen LogP contribution in [-0.2, 0) is 188 Å². The first-order chi connectivity index (χ1) is 22.4. The van der Waals surface area contributed by atoms with E-state index in [1.54, 1.807) is 37.2 Å². The first-order valence-corrected chi connectivity index (χ1v) is 14.0. The molecule has 0 atom stereocenters. The molecular weight excluding hydrogens is 2050 g/mol. The molecule has 0 aliphatic carbocycles. The first-order valence-electron chi connectivity index (χ1n) is 14.0. The van der Waals surface area contributed by atoms with Crippen LogP contribution in [0.2, 0.25) is 0 Å². The summed E-state index contributed by atoms with van der Waals surface area (Å²) >= 11 is 0. The van der Waals surface area contributed by atoms with E-state index < -0.39 is 0 Å². The van der Waals surface area contributed by atoms with E-state index in [0.717, 1.165) is 0 Å². The van der Waals surface area contributed by atoms with Crippen LogP contribution in [0.25, 0.3) is 0 Å². The van der Waals surface area contributed by atoms with Crippen molar-refractivity contribution in [2.24, 2.45) is 0 Å². The van der Waals surface area contributed by atoms with Crippen molar-refractivity contribution in [3.63, 3.8) is 0 Å². The summed E-state index contributed by atoms with van der Waals surface area (Å²) in [4.78, 5) is 23.3. The second-order valence-corrected chi connectivity index (χ2v) is 9.18. The van der Waals surface area contributed by atoms with Crippen LogP contribution < -0.4 is 10.5 Å². The van der Waals surface area contributed by atoms with Crippen LogP contribution in [0.15, 0.2) is 147 Å². The van der Waals surface area contributed by atoms with E-state index >= 15 is 0 Å². The summed E-state index contributed by atoms with van der Waals surface area (Å²) in [6.07, 6.45) is 21.6. The Kier molecular flexibility index (Phi) is 458.